The standard InChI is InChI=1S/C10H15N3S/c1-8-5-9(13-12-6-8)11-7-10(14-2)3-4-10/h5-6H,3-4,7H2,1-2H3,(H,11,13). The van der Waals surface area contributed by atoms with E-state index in [1.54, 1.807) is 6.20 Å². The van der Waals surface area contributed by atoms with E-state index in [0.717, 1.165) is 17.9 Å². The maximum atomic E-state index is 4.03. The van der Waals surface area contributed by atoms with Crippen LogP contribution in [0.15, 0.2) is 12.3 Å². The SMILES string of the molecule is CSC1(CNc2cc(C)cnn2)CC1. The zero-order chi connectivity index (χ0) is 10.0. The lowest BCUT2D eigenvalue weighted by Gasteiger charge is -2.12. The Hall–Kier alpha value is -0.770. The summed E-state index contributed by atoms with van der Waals surface area (Å²) < 4.78 is 0.478. The topological polar surface area (TPSA) is 37.8 Å². The van der Waals surface area contributed by atoms with E-state index in [1.165, 1.54) is 12.8 Å². The molecule has 1 aromatic rings. The van der Waals surface area contributed by atoms with E-state index in [2.05, 4.69) is 21.8 Å². The molecular weight excluding hydrogens is 194 g/mol. The molecule has 4 heteroatoms. The zero-order valence-corrected chi connectivity index (χ0v) is 9.40. The summed E-state index contributed by atoms with van der Waals surface area (Å²) in [6.45, 7) is 3.04. The second kappa shape index (κ2) is 3.77. The molecule has 0 unspecified atom stereocenters. The molecular formula is C10H15N3S. The molecule has 1 aliphatic carbocycles. The van der Waals surface area contributed by atoms with Gasteiger partial charge in [-0.3, -0.25) is 0 Å². The largest absolute Gasteiger partial charge is 0.367 e. The first-order chi connectivity index (χ1) is 6.74. The number of thioether (sulfide) groups is 1. The molecule has 1 N–H and O–H groups in total. The lowest BCUT2D eigenvalue weighted by Crippen LogP contribution is -2.18. The predicted molar refractivity (Wildman–Crippen MR) is 60.7 cm³/mol. The number of hydrogen-bond donors (Lipinski definition) is 1. The molecule has 0 amide bonds. The minimum atomic E-state index is 0.478. The molecule has 1 saturated carbocycles. The number of aromatic nitrogens is 2. The molecule has 0 saturated heterocycles. The van der Waals surface area contributed by atoms with E-state index in [0.29, 0.717) is 4.75 Å². The fourth-order valence-electron chi connectivity index (χ4n) is 1.39. The van der Waals surface area contributed by atoms with Crippen molar-refractivity contribution in [1.82, 2.24) is 10.2 Å². The molecule has 76 valence electrons. The Labute approximate surface area is 88.7 Å². The van der Waals surface area contributed by atoms with Gasteiger partial charge in [-0.05, 0) is 37.7 Å². The molecule has 1 fully saturated rings. The van der Waals surface area contributed by atoms with E-state index < -0.39 is 0 Å². The Morgan fingerprint density at radius 3 is 2.93 bits per heavy atom. The average Bonchev–Trinajstić information content (AvgIpc) is 2.96. The summed E-state index contributed by atoms with van der Waals surface area (Å²) in [5.41, 5.74) is 1.15. The molecule has 0 bridgehead atoms. The number of nitrogens with one attached hydrogen (secondary N) is 1. The highest BCUT2D eigenvalue weighted by atomic mass is 32.2. The third-order valence-electron chi connectivity index (χ3n) is 2.62. The summed E-state index contributed by atoms with van der Waals surface area (Å²) in [6.07, 6.45) is 6.59. The minimum absolute atomic E-state index is 0.478. The maximum Gasteiger partial charge on any atom is 0.148 e. The predicted octanol–water partition coefficient (Wildman–Crippen LogP) is 2.09. The average molecular weight is 209 g/mol. The van der Waals surface area contributed by atoms with Crippen molar-refractivity contribution in [3.05, 3.63) is 17.8 Å². The van der Waals surface area contributed by atoms with Crippen molar-refractivity contribution < 1.29 is 0 Å². The highest BCUT2D eigenvalue weighted by molar-refractivity contribution is 8.00. The molecule has 1 heterocycles. The monoisotopic (exact) mass is 209 g/mol. The second-order valence-electron chi connectivity index (χ2n) is 3.86. The number of rotatable bonds is 4. The number of anilines is 1. The van der Waals surface area contributed by atoms with E-state index in [-0.39, 0.29) is 0 Å². The van der Waals surface area contributed by atoms with Gasteiger partial charge in [-0.1, -0.05) is 0 Å². The molecule has 2 rings (SSSR count). The summed E-state index contributed by atoms with van der Waals surface area (Å²) in [5, 5.41) is 11.3. The van der Waals surface area contributed by atoms with Gasteiger partial charge in [0.1, 0.15) is 5.82 Å². The van der Waals surface area contributed by atoms with Crippen molar-refractivity contribution in [1.29, 1.82) is 0 Å². The van der Waals surface area contributed by atoms with Crippen LogP contribution in [0.1, 0.15) is 18.4 Å². The molecule has 14 heavy (non-hydrogen) atoms. The third kappa shape index (κ3) is 2.18. The van der Waals surface area contributed by atoms with Gasteiger partial charge >= 0.3 is 0 Å². The number of nitrogens with zero attached hydrogens (tertiary/aromatic N) is 2. The van der Waals surface area contributed by atoms with Gasteiger partial charge in [0.2, 0.25) is 0 Å². The Bertz CT molecular complexity index is 323. The van der Waals surface area contributed by atoms with Gasteiger partial charge < -0.3 is 5.32 Å². The number of hydrogen-bond acceptors (Lipinski definition) is 4. The molecule has 0 aromatic carbocycles. The van der Waals surface area contributed by atoms with Crippen LogP contribution in [0.3, 0.4) is 0 Å². The van der Waals surface area contributed by atoms with Crippen LogP contribution in [0.5, 0.6) is 0 Å². The first-order valence-corrected chi connectivity index (χ1v) is 6.05. The Morgan fingerprint density at radius 2 is 2.36 bits per heavy atom. The molecule has 3 nitrogen and oxygen atoms in total. The minimum Gasteiger partial charge on any atom is -0.367 e. The highest BCUT2D eigenvalue weighted by Gasteiger charge is 2.41. The smallest absolute Gasteiger partial charge is 0.148 e. The molecule has 0 atom stereocenters. The first kappa shape index (κ1) is 9.77. The fraction of sp³-hybridized carbons (Fsp3) is 0.600. The van der Waals surface area contributed by atoms with Crippen LogP contribution in [0.2, 0.25) is 0 Å². The second-order valence-corrected chi connectivity index (χ2v) is 5.13. The Kier molecular flexibility index (Phi) is 2.63. The third-order valence-corrected chi connectivity index (χ3v) is 4.04. The Morgan fingerprint density at radius 1 is 1.57 bits per heavy atom. The van der Waals surface area contributed by atoms with Crippen molar-refractivity contribution in [2.75, 3.05) is 18.1 Å². The lowest BCUT2D eigenvalue weighted by atomic mass is 10.3. The molecule has 0 aliphatic heterocycles. The number of aryl methyl sites for hydroxylation is 1. The summed E-state index contributed by atoms with van der Waals surface area (Å²) in [4.78, 5) is 0. The van der Waals surface area contributed by atoms with Gasteiger partial charge in [-0.2, -0.15) is 16.9 Å². The first-order valence-electron chi connectivity index (χ1n) is 4.82. The quantitative estimate of drug-likeness (QED) is 0.824. The molecule has 0 radical (unpaired) electrons. The van der Waals surface area contributed by atoms with Gasteiger partial charge in [0.05, 0.1) is 6.20 Å². The molecule has 0 spiro atoms. The van der Waals surface area contributed by atoms with Crippen molar-refractivity contribution in [3.8, 4) is 0 Å². The van der Waals surface area contributed by atoms with Crippen molar-refractivity contribution in [3.63, 3.8) is 0 Å². The normalized spacial score (nSPS) is 17.9. The van der Waals surface area contributed by atoms with Gasteiger partial charge in [0, 0.05) is 11.3 Å². The van der Waals surface area contributed by atoms with Crippen molar-refractivity contribution in [2.24, 2.45) is 0 Å². The maximum absolute atomic E-state index is 4.03. The van der Waals surface area contributed by atoms with Gasteiger partial charge in [-0.25, -0.2) is 0 Å². The van der Waals surface area contributed by atoms with Crippen LogP contribution in [-0.2, 0) is 0 Å². The van der Waals surface area contributed by atoms with Gasteiger partial charge in [0.25, 0.3) is 0 Å². The summed E-state index contributed by atoms with van der Waals surface area (Å²) in [5.74, 6) is 0.894. The van der Waals surface area contributed by atoms with Crippen molar-refractivity contribution in [2.45, 2.75) is 24.5 Å². The molecule has 1 aliphatic rings. The van der Waals surface area contributed by atoms with Crippen LogP contribution >= 0.6 is 11.8 Å². The summed E-state index contributed by atoms with van der Waals surface area (Å²) >= 11 is 1.95. The van der Waals surface area contributed by atoms with E-state index in [1.807, 2.05) is 24.8 Å². The van der Waals surface area contributed by atoms with Gasteiger partial charge in [-0.15, -0.1) is 5.10 Å². The highest BCUT2D eigenvalue weighted by Crippen LogP contribution is 2.46. The van der Waals surface area contributed by atoms with Crippen LogP contribution < -0.4 is 5.32 Å². The zero-order valence-electron chi connectivity index (χ0n) is 8.58. The van der Waals surface area contributed by atoms with Crippen LogP contribution in [0.4, 0.5) is 5.82 Å². The van der Waals surface area contributed by atoms with E-state index in [9.17, 15) is 0 Å². The van der Waals surface area contributed by atoms with E-state index >= 15 is 0 Å². The van der Waals surface area contributed by atoms with Crippen LogP contribution in [0.25, 0.3) is 0 Å². The summed E-state index contributed by atoms with van der Waals surface area (Å²) in [6, 6.07) is 2.03. The lowest BCUT2D eigenvalue weighted by molar-refractivity contribution is 0.918. The van der Waals surface area contributed by atoms with Crippen LogP contribution in [0, 0.1) is 6.92 Å². The molecule has 1 aromatic heterocycles. The van der Waals surface area contributed by atoms with Crippen molar-refractivity contribution >= 4 is 17.6 Å². The Balaban J connectivity index is 1.92. The van der Waals surface area contributed by atoms with E-state index in [4.69, 9.17) is 0 Å². The summed E-state index contributed by atoms with van der Waals surface area (Å²) in [7, 11) is 0. The van der Waals surface area contributed by atoms with Crippen LogP contribution in [-0.4, -0.2) is 27.7 Å². The fourth-order valence-corrected chi connectivity index (χ4v) is 2.12. The van der Waals surface area contributed by atoms with Gasteiger partial charge in [0.15, 0.2) is 0 Å².